The molecule has 24 heavy (non-hydrogen) atoms. The molecular weight excluding hydrogens is 340 g/mol. The Balaban J connectivity index is 1.82. The van der Waals surface area contributed by atoms with E-state index in [0.29, 0.717) is 24.8 Å². The van der Waals surface area contributed by atoms with E-state index in [2.05, 4.69) is 15.5 Å². The molecule has 3 aromatic rings. The lowest BCUT2D eigenvalue weighted by atomic mass is 10.3. The highest BCUT2D eigenvalue weighted by Gasteiger charge is 2.14. The highest BCUT2D eigenvalue weighted by molar-refractivity contribution is 6.32. The number of nitrogens with zero attached hydrogens (tertiary/aromatic N) is 4. The molecule has 3 rings (SSSR count). The van der Waals surface area contributed by atoms with E-state index in [0.717, 1.165) is 16.8 Å². The standard InChI is InChI=1S/C15H12ClF2N5O/c16-14-12(19-5-7-22-6-1-4-20-22)9-21-23(15(14)24)13-3-2-10(17)8-11(13)18/h1-4,6,8-9,19H,5,7H2. The van der Waals surface area contributed by atoms with Crippen LogP contribution in [0.15, 0.2) is 47.7 Å². The molecule has 1 N–H and O–H groups in total. The average molecular weight is 352 g/mol. The summed E-state index contributed by atoms with van der Waals surface area (Å²) >= 11 is 6.04. The largest absolute Gasteiger partial charge is 0.381 e. The fourth-order valence-electron chi connectivity index (χ4n) is 2.12. The Hall–Kier alpha value is -2.74. The van der Waals surface area contributed by atoms with Crippen LogP contribution < -0.4 is 10.9 Å². The molecule has 0 saturated heterocycles. The molecule has 0 atom stereocenters. The van der Waals surface area contributed by atoms with Gasteiger partial charge in [0, 0.05) is 25.0 Å². The van der Waals surface area contributed by atoms with Gasteiger partial charge in [-0.25, -0.2) is 8.78 Å². The number of aromatic nitrogens is 4. The SMILES string of the molecule is O=c1c(Cl)c(NCCn2cccn2)cnn1-c1ccc(F)cc1F. The van der Waals surface area contributed by atoms with Crippen molar-refractivity contribution in [1.82, 2.24) is 19.6 Å². The van der Waals surface area contributed by atoms with Gasteiger partial charge < -0.3 is 5.32 Å². The third kappa shape index (κ3) is 3.28. The minimum atomic E-state index is -0.903. The van der Waals surface area contributed by atoms with Gasteiger partial charge in [0.05, 0.1) is 18.4 Å². The number of rotatable bonds is 5. The van der Waals surface area contributed by atoms with Gasteiger partial charge in [-0.2, -0.15) is 14.9 Å². The van der Waals surface area contributed by atoms with Crippen LogP contribution in [-0.2, 0) is 6.54 Å². The number of nitrogens with one attached hydrogen (secondary N) is 1. The zero-order valence-electron chi connectivity index (χ0n) is 12.3. The Morgan fingerprint density at radius 1 is 1.25 bits per heavy atom. The minimum absolute atomic E-state index is 0.130. The summed E-state index contributed by atoms with van der Waals surface area (Å²) < 4.78 is 29.3. The zero-order valence-corrected chi connectivity index (χ0v) is 13.0. The number of hydrogen-bond donors (Lipinski definition) is 1. The molecular formula is C15H12ClF2N5O. The molecule has 6 nitrogen and oxygen atoms in total. The van der Waals surface area contributed by atoms with Gasteiger partial charge in [0.1, 0.15) is 16.5 Å². The van der Waals surface area contributed by atoms with Crippen molar-refractivity contribution in [1.29, 1.82) is 0 Å². The first-order valence-corrected chi connectivity index (χ1v) is 7.38. The first kappa shape index (κ1) is 16.1. The fourth-order valence-corrected chi connectivity index (χ4v) is 2.31. The summed E-state index contributed by atoms with van der Waals surface area (Å²) in [6, 6.07) is 4.64. The summed E-state index contributed by atoms with van der Waals surface area (Å²) in [6.07, 6.45) is 4.78. The predicted octanol–water partition coefficient (Wildman–Crippen LogP) is 2.47. The molecule has 124 valence electrons. The molecule has 0 radical (unpaired) electrons. The topological polar surface area (TPSA) is 64.7 Å². The molecule has 1 aromatic carbocycles. The van der Waals surface area contributed by atoms with Crippen LogP contribution in [0.3, 0.4) is 0 Å². The molecule has 0 saturated carbocycles. The van der Waals surface area contributed by atoms with E-state index in [1.54, 1.807) is 23.1 Å². The lowest BCUT2D eigenvalue weighted by Crippen LogP contribution is -2.24. The maximum absolute atomic E-state index is 13.8. The van der Waals surface area contributed by atoms with E-state index < -0.39 is 17.2 Å². The Kier molecular flexibility index (Phi) is 4.57. The van der Waals surface area contributed by atoms with Crippen LogP contribution in [0.1, 0.15) is 0 Å². The number of benzene rings is 1. The van der Waals surface area contributed by atoms with Crippen molar-refractivity contribution in [2.24, 2.45) is 0 Å². The normalized spacial score (nSPS) is 10.8. The van der Waals surface area contributed by atoms with Crippen molar-refractivity contribution in [2.45, 2.75) is 6.54 Å². The minimum Gasteiger partial charge on any atom is -0.381 e. The van der Waals surface area contributed by atoms with Crippen LogP contribution in [-0.4, -0.2) is 26.1 Å². The molecule has 0 fully saturated rings. The van der Waals surface area contributed by atoms with E-state index in [9.17, 15) is 13.6 Å². The van der Waals surface area contributed by atoms with Gasteiger partial charge in [-0.15, -0.1) is 0 Å². The maximum Gasteiger partial charge on any atom is 0.292 e. The first-order valence-electron chi connectivity index (χ1n) is 7.01. The second-order valence-electron chi connectivity index (χ2n) is 4.88. The molecule has 0 bridgehead atoms. The summed E-state index contributed by atoms with van der Waals surface area (Å²) in [6.45, 7) is 1.04. The van der Waals surface area contributed by atoms with Crippen molar-refractivity contribution in [3.63, 3.8) is 0 Å². The second kappa shape index (κ2) is 6.79. The maximum atomic E-state index is 13.8. The van der Waals surface area contributed by atoms with Gasteiger partial charge >= 0.3 is 0 Å². The van der Waals surface area contributed by atoms with Gasteiger partial charge in [-0.1, -0.05) is 11.6 Å². The monoisotopic (exact) mass is 351 g/mol. The predicted molar refractivity (Wildman–Crippen MR) is 85.5 cm³/mol. The molecule has 9 heteroatoms. The lowest BCUT2D eigenvalue weighted by Gasteiger charge is -2.11. The average Bonchev–Trinajstić information content (AvgIpc) is 3.06. The Morgan fingerprint density at radius 3 is 2.79 bits per heavy atom. The Labute approximate surface area is 140 Å². The zero-order chi connectivity index (χ0) is 17.1. The third-order valence-corrected chi connectivity index (χ3v) is 3.64. The van der Waals surface area contributed by atoms with E-state index in [-0.39, 0.29) is 10.7 Å². The van der Waals surface area contributed by atoms with Crippen molar-refractivity contribution in [3.8, 4) is 5.69 Å². The molecule has 0 aliphatic heterocycles. The Bertz CT molecular complexity index is 911. The molecule has 2 aromatic heterocycles. The van der Waals surface area contributed by atoms with Crippen LogP contribution >= 0.6 is 11.6 Å². The van der Waals surface area contributed by atoms with Crippen LogP contribution in [0.4, 0.5) is 14.5 Å². The summed E-state index contributed by atoms with van der Waals surface area (Å²) in [4.78, 5) is 12.3. The van der Waals surface area contributed by atoms with E-state index in [1.807, 2.05) is 0 Å². The summed E-state index contributed by atoms with van der Waals surface area (Å²) in [5.41, 5.74) is -0.551. The highest BCUT2D eigenvalue weighted by Crippen LogP contribution is 2.18. The van der Waals surface area contributed by atoms with Gasteiger partial charge in [0.2, 0.25) is 0 Å². The van der Waals surface area contributed by atoms with E-state index in [4.69, 9.17) is 11.6 Å². The van der Waals surface area contributed by atoms with Crippen molar-refractivity contribution in [2.75, 3.05) is 11.9 Å². The summed E-state index contributed by atoms with van der Waals surface area (Å²) in [5.74, 6) is -1.65. The quantitative estimate of drug-likeness (QED) is 0.767. The van der Waals surface area contributed by atoms with Crippen LogP contribution in [0.25, 0.3) is 5.69 Å². The van der Waals surface area contributed by atoms with Gasteiger partial charge in [-0.3, -0.25) is 9.48 Å². The summed E-state index contributed by atoms with van der Waals surface area (Å²) in [5, 5.41) is 10.8. The first-order chi connectivity index (χ1) is 11.6. The molecule has 0 aliphatic rings. The summed E-state index contributed by atoms with van der Waals surface area (Å²) in [7, 11) is 0. The fraction of sp³-hybridized carbons (Fsp3) is 0.133. The van der Waals surface area contributed by atoms with Crippen molar-refractivity contribution in [3.05, 3.63) is 69.9 Å². The van der Waals surface area contributed by atoms with Crippen molar-refractivity contribution < 1.29 is 8.78 Å². The number of halogens is 3. The van der Waals surface area contributed by atoms with Gasteiger partial charge in [-0.05, 0) is 18.2 Å². The smallest absolute Gasteiger partial charge is 0.292 e. The molecule has 0 amide bonds. The van der Waals surface area contributed by atoms with E-state index >= 15 is 0 Å². The number of anilines is 1. The van der Waals surface area contributed by atoms with E-state index in [1.165, 1.54) is 6.20 Å². The van der Waals surface area contributed by atoms with Gasteiger partial charge in [0.15, 0.2) is 5.82 Å². The van der Waals surface area contributed by atoms with Crippen LogP contribution in [0.2, 0.25) is 5.02 Å². The Morgan fingerprint density at radius 2 is 2.08 bits per heavy atom. The second-order valence-corrected chi connectivity index (χ2v) is 5.26. The highest BCUT2D eigenvalue weighted by atomic mass is 35.5. The molecule has 0 aliphatic carbocycles. The van der Waals surface area contributed by atoms with Gasteiger partial charge in [0.25, 0.3) is 5.56 Å². The van der Waals surface area contributed by atoms with Crippen molar-refractivity contribution >= 4 is 17.3 Å². The molecule has 0 unspecified atom stereocenters. The number of hydrogen-bond acceptors (Lipinski definition) is 4. The third-order valence-electron chi connectivity index (χ3n) is 3.27. The lowest BCUT2D eigenvalue weighted by molar-refractivity contribution is 0.570. The molecule has 2 heterocycles. The van der Waals surface area contributed by atoms with Crippen LogP contribution in [0, 0.1) is 11.6 Å². The van der Waals surface area contributed by atoms with Crippen LogP contribution in [0.5, 0.6) is 0 Å². The molecule has 0 spiro atoms.